The van der Waals surface area contributed by atoms with Crippen LogP contribution in [-0.2, 0) is 4.79 Å². The Balaban J connectivity index is 0.874. The van der Waals surface area contributed by atoms with Gasteiger partial charge in [-0.05, 0) is 119 Å². The van der Waals surface area contributed by atoms with Crippen molar-refractivity contribution in [1.82, 2.24) is 14.7 Å². The first-order chi connectivity index (χ1) is 21.8. The van der Waals surface area contributed by atoms with Crippen LogP contribution in [0.25, 0.3) is 10.8 Å². The fraction of sp³-hybridized carbons (Fsp3) is 0.684. The zero-order valence-corrected chi connectivity index (χ0v) is 27.4. The highest BCUT2D eigenvalue weighted by molar-refractivity contribution is 5.88. The van der Waals surface area contributed by atoms with Crippen LogP contribution in [0.3, 0.4) is 0 Å². The first-order valence-corrected chi connectivity index (χ1v) is 17.9. The lowest BCUT2D eigenvalue weighted by Gasteiger charge is -2.57. The molecule has 2 aromatic carbocycles. The molecule has 1 N–H and O–H groups in total. The van der Waals surface area contributed by atoms with Crippen molar-refractivity contribution < 1.29 is 19.4 Å². The first-order valence-electron chi connectivity index (χ1n) is 17.9. The average Bonchev–Trinajstić information content (AvgIpc) is 3.05. The predicted molar refractivity (Wildman–Crippen MR) is 177 cm³/mol. The second-order valence-corrected chi connectivity index (χ2v) is 15.6. The molecule has 1 atom stereocenters. The smallest absolute Gasteiger partial charge is 0.320 e. The third-order valence-corrected chi connectivity index (χ3v) is 12.3. The molecule has 4 bridgehead atoms. The summed E-state index contributed by atoms with van der Waals surface area (Å²) < 4.78 is 6.02. The Morgan fingerprint density at radius 3 is 2.00 bits per heavy atom. The summed E-state index contributed by atoms with van der Waals surface area (Å²) in [6.07, 6.45) is 11.1. The number of benzene rings is 2. The first kappa shape index (κ1) is 30.8. The van der Waals surface area contributed by atoms with E-state index in [1.54, 1.807) is 4.90 Å². The average molecular weight is 616 g/mol. The summed E-state index contributed by atoms with van der Waals surface area (Å²) in [5, 5.41) is 13.0. The molecule has 0 radical (unpaired) electrons. The fourth-order valence-corrected chi connectivity index (χ4v) is 10.3. The number of hydrogen-bond acceptors (Lipinski definition) is 4. The Bertz CT molecular complexity index is 1320. The molecule has 7 nitrogen and oxygen atoms in total. The maximum absolute atomic E-state index is 13.9. The van der Waals surface area contributed by atoms with Crippen LogP contribution in [0.5, 0.6) is 5.75 Å². The molecule has 4 saturated carbocycles. The van der Waals surface area contributed by atoms with Crippen LogP contribution in [0.4, 0.5) is 4.79 Å². The van der Waals surface area contributed by atoms with Crippen LogP contribution in [0, 0.1) is 35.0 Å². The number of fused-ring (bicyclic) bond motifs is 1. The number of piperidine rings is 2. The Labute approximate surface area is 269 Å². The summed E-state index contributed by atoms with van der Waals surface area (Å²) in [4.78, 5) is 33.5. The van der Waals surface area contributed by atoms with E-state index in [0.29, 0.717) is 17.7 Å². The molecule has 3 amide bonds. The molecule has 7 heteroatoms. The summed E-state index contributed by atoms with van der Waals surface area (Å²) in [6, 6.07) is 14.0. The van der Waals surface area contributed by atoms with E-state index in [1.165, 1.54) is 19.3 Å². The zero-order valence-electron chi connectivity index (χ0n) is 27.4. The molecule has 0 aromatic heterocycles. The normalized spacial score (nSPS) is 29.4. The van der Waals surface area contributed by atoms with E-state index in [1.807, 2.05) is 61.2 Å². The highest BCUT2D eigenvalue weighted by atomic mass is 16.5. The molecular formula is C38H53N3O4. The second kappa shape index (κ2) is 12.8. The van der Waals surface area contributed by atoms with E-state index in [0.717, 1.165) is 105 Å². The third kappa shape index (κ3) is 6.31. The van der Waals surface area contributed by atoms with Gasteiger partial charge in [0.25, 0.3) is 0 Å². The van der Waals surface area contributed by atoms with Gasteiger partial charge < -0.3 is 24.5 Å². The molecule has 4 aliphatic carbocycles. The molecule has 8 rings (SSSR count). The van der Waals surface area contributed by atoms with Crippen molar-refractivity contribution in [2.45, 2.75) is 90.2 Å². The van der Waals surface area contributed by atoms with Crippen molar-refractivity contribution in [3.8, 4) is 5.75 Å². The fourth-order valence-electron chi connectivity index (χ4n) is 10.3. The molecule has 6 fully saturated rings. The minimum absolute atomic E-state index is 0.0155. The highest BCUT2D eigenvalue weighted by Gasteiger charge is 2.55. The summed E-state index contributed by atoms with van der Waals surface area (Å²) >= 11 is 0. The van der Waals surface area contributed by atoms with E-state index in [9.17, 15) is 14.7 Å². The standard InChI is InChI=1S/C38H53N3O4/c1-26(2)41(24-33(42)25-45-35-9-5-7-32-6-3-4-8-34(32)35)37(44)40-16-12-31(13-17-40)30-10-14-39(15-11-30)36(43)38-21-27-18-28(22-38)20-29(19-27)23-38/h3-9,26-31,33,42H,10-25H2,1-2H3. The van der Waals surface area contributed by atoms with E-state index in [-0.39, 0.29) is 30.6 Å². The number of aliphatic hydroxyl groups is 1. The SMILES string of the molecule is CC(C)N(CC(O)COc1cccc2ccccc12)C(=O)N1CCC(C2CCN(C(=O)C34CC5CC(CC(C5)C3)C4)CC2)CC1. The van der Waals surface area contributed by atoms with Crippen molar-refractivity contribution >= 4 is 22.7 Å². The molecule has 0 spiro atoms. The Kier molecular flexibility index (Phi) is 8.75. The molecule has 45 heavy (non-hydrogen) atoms. The summed E-state index contributed by atoms with van der Waals surface area (Å²) in [5.41, 5.74) is -0.0226. The lowest BCUT2D eigenvalue weighted by atomic mass is 9.49. The van der Waals surface area contributed by atoms with Crippen LogP contribution in [0.2, 0.25) is 0 Å². The molecular weight excluding hydrogens is 562 g/mol. The van der Waals surface area contributed by atoms with Crippen molar-refractivity contribution in [2.24, 2.45) is 35.0 Å². The van der Waals surface area contributed by atoms with E-state index >= 15 is 0 Å². The van der Waals surface area contributed by atoms with Crippen LogP contribution in [0.15, 0.2) is 42.5 Å². The number of ether oxygens (including phenoxy) is 1. The van der Waals surface area contributed by atoms with E-state index < -0.39 is 6.10 Å². The van der Waals surface area contributed by atoms with Crippen molar-refractivity contribution in [1.29, 1.82) is 0 Å². The van der Waals surface area contributed by atoms with Gasteiger partial charge in [-0.3, -0.25) is 4.79 Å². The van der Waals surface area contributed by atoms with Gasteiger partial charge in [-0.25, -0.2) is 4.79 Å². The zero-order chi connectivity index (χ0) is 31.1. The minimum Gasteiger partial charge on any atom is -0.490 e. The third-order valence-electron chi connectivity index (χ3n) is 12.3. The maximum Gasteiger partial charge on any atom is 0.320 e. The van der Waals surface area contributed by atoms with Crippen LogP contribution < -0.4 is 4.74 Å². The summed E-state index contributed by atoms with van der Waals surface area (Å²) in [6.45, 7) is 7.79. The summed E-state index contributed by atoms with van der Waals surface area (Å²) in [5.74, 6) is 4.95. The number of aliphatic hydroxyl groups excluding tert-OH is 1. The van der Waals surface area contributed by atoms with Gasteiger partial charge in [0.15, 0.2) is 0 Å². The van der Waals surface area contributed by atoms with Gasteiger partial charge in [0.05, 0.1) is 12.0 Å². The number of carbonyl (C=O) groups is 2. The lowest BCUT2D eigenvalue weighted by Crippen LogP contribution is -2.56. The maximum atomic E-state index is 13.9. The summed E-state index contributed by atoms with van der Waals surface area (Å²) in [7, 11) is 0. The van der Waals surface area contributed by atoms with Crippen molar-refractivity contribution in [2.75, 3.05) is 39.3 Å². The highest BCUT2D eigenvalue weighted by Crippen LogP contribution is 2.60. The molecule has 2 heterocycles. The molecule has 1 unspecified atom stereocenters. The quantitative estimate of drug-likeness (QED) is 0.364. The molecule has 244 valence electrons. The Morgan fingerprint density at radius 2 is 1.40 bits per heavy atom. The van der Waals surface area contributed by atoms with Gasteiger partial charge in [0.2, 0.25) is 5.91 Å². The Morgan fingerprint density at radius 1 is 0.844 bits per heavy atom. The van der Waals surface area contributed by atoms with Crippen LogP contribution in [-0.4, -0.2) is 83.2 Å². The van der Waals surface area contributed by atoms with Crippen molar-refractivity contribution in [3.63, 3.8) is 0 Å². The molecule has 6 aliphatic rings. The van der Waals surface area contributed by atoms with Crippen LogP contribution >= 0.6 is 0 Å². The van der Waals surface area contributed by atoms with Gasteiger partial charge in [0.1, 0.15) is 18.5 Å². The molecule has 2 aliphatic heterocycles. The second-order valence-electron chi connectivity index (χ2n) is 15.6. The lowest BCUT2D eigenvalue weighted by molar-refractivity contribution is -0.159. The number of urea groups is 1. The van der Waals surface area contributed by atoms with Gasteiger partial charge in [0, 0.05) is 37.6 Å². The monoisotopic (exact) mass is 615 g/mol. The number of rotatable bonds is 8. The number of carbonyl (C=O) groups excluding carboxylic acids is 2. The number of amides is 3. The van der Waals surface area contributed by atoms with Crippen molar-refractivity contribution in [3.05, 3.63) is 42.5 Å². The molecule has 2 aromatic rings. The largest absolute Gasteiger partial charge is 0.490 e. The van der Waals surface area contributed by atoms with E-state index in [4.69, 9.17) is 4.74 Å². The van der Waals surface area contributed by atoms with Gasteiger partial charge in [-0.2, -0.15) is 0 Å². The van der Waals surface area contributed by atoms with Gasteiger partial charge >= 0.3 is 6.03 Å². The topological polar surface area (TPSA) is 73.3 Å². The van der Waals surface area contributed by atoms with Crippen LogP contribution in [0.1, 0.15) is 78.1 Å². The van der Waals surface area contributed by atoms with E-state index in [2.05, 4.69) is 4.90 Å². The predicted octanol–water partition coefficient (Wildman–Crippen LogP) is 6.58. The number of hydrogen-bond donors (Lipinski definition) is 1. The van der Waals surface area contributed by atoms with Gasteiger partial charge in [-0.1, -0.05) is 36.4 Å². The minimum atomic E-state index is -0.779. The number of nitrogens with zero attached hydrogens (tertiary/aromatic N) is 3. The van der Waals surface area contributed by atoms with Gasteiger partial charge in [-0.15, -0.1) is 0 Å². The molecule has 2 saturated heterocycles. The Hall–Kier alpha value is -2.80. The number of likely N-dealkylation sites (tertiary alicyclic amines) is 2.